The number of rotatable bonds is 9. The molecular weight excluding hydrogens is 408 g/mol. The van der Waals surface area contributed by atoms with Gasteiger partial charge in [-0.15, -0.1) is 6.58 Å². The molecule has 0 aromatic heterocycles. The molecule has 3 rings (SSSR count). The van der Waals surface area contributed by atoms with E-state index in [4.69, 9.17) is 5.73 Å². The molecule has 2 saturated carbocycles. The van der Waals surface area contributed by atoms with Crippen molar-refractivity contribution in [2.75, 3.05) is 13.1 Å². The first-order valence-corrected chi connectivity index (χ1v) is 11.6. The van der Waals surface area contributed by atoms with Crippen LogP contribution in [-0.2, 0) is 19.2 Å². The highest BCUT2D eigenvalue weighted by molar-refractivity contribution is 6.38. The molecule has 0 aromatic carbocycles. The van der Waals surface area contributed by atoms with E-state index < -0.39 is 35.2 Å². The molecule has 4 N–H and O–H groups in total. The molecule has 5 atom stereocenters. The Bertz CT molecular complexity index is 811. The van der Waals surface area contributed by atoms with Crippen LogP contribution in [0.5, 0.6) is 0 Å². The van der Waals surface area contributed by atoms with Gasteiger partial charge in [-0.25, -0.2) is 0 Å². The number of hydrogen-bond acceptors (Lipinski definition) is 5. The zero-order valence-corrected chi connectivity index (χ0v) is 19.9. The zero-order valence-electron chi connectivity index (χ0n) is 19.9. The maximum atomic E-state index is 13.5. The zero-order chi connectivity index (χ0) is 24.0. The van der Waals surface area contributed by atoms with Crippen molar-refractivity contribution in [2.45, 2.75) is 72.0 Å². The first-order chi connectivity index (χ1) is 14.8. The molecule has 0 radical (unpaired) electrons. The topological polar surface area (TPSA) is 122 Å². The highest BCUT2D eigenvalue weighted by Crippen LogP contribution is 2.65. The lowest BCUT2D eigenvalue weighted by atomic mass is 9.86. The van der Waals surface area contributed by atoms with Gasteiger partial charge in [0.2, 0.25) is 17.6 Å². The van der Waals surface area contributed by atoms with Crippen molar-refractivity contribution in [1.29, 1.82) is 0 Å². The van der Waals surface area contributed by atoms with Gasteiger partial charge in [0, 0.05) is 13.1 Å². The van der Waals surface area contributed by atoms with Gasteiger partial charge < -0.3 is 21.3 Å². The molecule has 0 spiro atoms. The summed E-state index contributed by atoms with van der Waals surface area (Å²) in [5.74, 6) is -1.41. The van der Waals surface area contributed by atoms with Gasteiger partial charge >= 0.3 is 0 Å². The molecule has 178 valence electrons. The average molecular weight is 447 g/mol. The largest absolute Gasteiger partial charge is 0.346 e. The summed E-state index contributed by atoms with van der Waals surface area (Å²) >= 11 is 0. The third-order valence-corrected chi connectivity index (χ3v) is 7.49. The van der Waals surface area contributed by atoms with Crippen molar-refractivity contribution in [1.82, 2.24) is 15.5 Å². The molecule has 8 nitrogen and oxygen atoms in total. The van der Waals surface area contributed by atoms with Gasteiger partial charge in [0.05, 0.1) is 12.1 Å². The van der Waals surface area contributed by atoms with Gasteiger partial charge in [0.15, 0.2) is 0 Å². The van der Waals surface area contributed by atoms with Crippen LogP contribution in [0.1, 0.15) is 53.9 Å². The Kier molecular flexibility index (Phi) is 6.57. The Balaban J connectivity index is 1.78. The number of nitrogens with two attached hydrogens (primary N) is 1. The van der Waals surface area contributed by atoms with Crippen LogP contribution in [0.25, 0.3) is 0 Å². The van der Waals surface area contributed by atoms with Crippen molar-refractivity contribution >= 4 is 23.5 Å². The lowest BCUT2D eigenvalue weighted by molar-refractivity contribution is -0.145. The number of Topliss-reactive ketones (excluding diaryl/α,β-unsaturated/α-hetero) is 1. The van der Waals surface area contributed by atoms with Crippen molar-refractivity contribution in [3.63, 3.8) is 0 Å². The van der Waals surface area contributed by atoms with E-state index in [9.17, 15) is 19.2 Å². The van der Waals surface area contributed by atoms with Crippen molar-refractivity contribution in [3.05, 3.63) is 12.7 Å². The molecule has 0 bridgehead atoms. The van der Waals surface area contributed by atoms with E-state index in [-0.39, 0.29) is 35.6 Å². The summed E-state index contributed by atoms with van der Waals surface area (Å²) in [4.78, 5) is 53.3. The van der Waals surface area contributed by atoms with Crippen LogP contribution >= 0.6 is 0 Å². The summed E-state index contributed by atoms with van der Waals surface area (Å²) in [7, 11) is 0. The average Bonchev–Trinajstić information content (AvgIpc) is 3.56. The van der Waals surface area contributed by atoms with Crippen molar-refractivity contribution in [2.24, 2.45) is 34.3 Å². The number of nitrogens with one attached hydrogen (secondary N) is 2. The molecule has 32 heavy (non-hydrogen) atoms. The van der Waals surface area contributed by atoms with Crippen LogP contribution in [0.3, 0.4) is 0 Å². The van der Waals surface area contributed by atoms with Crippen LogP contribution in [0.15, 0.2) is 12.7 Å². The maximum absolute atomic E-state index is 13.5. The fourth-order valence-electron chi connectivity index (χ4n) is 4.95. The number of likely N-dealkylation sites (tertiary alicyclic amines) is 1. The molecule has 1 heterocycles. The first kappa shape index (κ1) is 24.4. The number of carbonyl (C=O) groups is 4. The molecule has 2 aliphatic carbocycles. The summed E-state index contributed by atoms with van der Waals surface area (Å²) in [6, 6.07) is -2.30. The van der Waals surface area contributed by atoms with Crippen LogP contribution in [0.4, 0.5) is 0 Å². The quantitative estimate of drug-likeness (QED) is 0.360. The molecule has 0 aromatic rings. The molecule has 3 amide bonds. The predicted molar refractivity (Wildman–Crippen MR) is 121 cm³/mol. The summed E-state index contributed by atoms with van der Waals surface area (Å²) in [6.45, 7) is 14.1. The normalized spacial score (nSPS) is 27.7. The third kappa shape index (κ3) is 4.75. The number of piperidine rings is 1. The molecule has 8 heteroatoms. The summed E-state index contributed by atoms with van der Waals surface area (Å²) in [5, 5.41) is 5.33. The minimum absolute atomic E-state index is 0.0184. The first-order valence-electron chi connectivity index (χ1n) is 11.6. The Morgan fingerprint density at radius 2 is 1.84 bits per heavy atom. The predicted octanol–water partition coefficient (Wildman–Crippen LogP) is 0.999. The van der Waals surface area contributed by atoms with Crippen LogP contribution in [-0.4, -0.2) is 59.6 Å². The Morgan fingerprint density at radius 3 is 2.38 bits per heavy atom. The number of fused-ring (bicyclic) bond motifs is 1. The molecular formula is C24H38N4O4. The second-order valence-corrected chi connectivity index (χ2v) is 11.3. The molecule has 4 unspecified atom stereocenters. The van der Waals surface area contributed by atoms with E-state index in [1.165, 1.54) is 6.08 Å². The Hall–Kier alpha value is -2.22. The van der Waals surface area contributed by atoms with Crippen LogP contribution < -0.4 is 16.4 Å². The van der Waals surface area contributed by atoms with Gasteiger partial charge in [-0.3, -0.25) is 19.2 Å². The monoisotopic (exact) mass is 446 g/mol. The van der Waals surface area contributed by atoms with E-state index in [2.05, 4.69) is 31.1 Å². The number of nitrogens with zero attached hydrogens (tertiary/aromatic N) is 1. The third-order valence-electron chi connectivity index (χ3n) is 7.49. The second-order valence-electron chi connectivity index (χ2n) is 11.3. The highest BCUT2D eigenvalue weighted by atomic mass is 16.2. The van der Waals surface area contributed by atoms with E-state index in [0.717, 1.165) is 12.8 Å². The molecule has 1 aliphatic heterocycles. The van der Waals surface area contributed by atoms with E-state index in [0.29, 0.717) is 18.9 Å². The highest BCUT2D eigenvalue weighted by Gasteiger charge is 2.69. The lowest BCUT2D eigenvalue weighted by Crippen LogP contribution is -2.59. The standard InChI is InChI=1S/C24H38N4O4/c1-7-10-26-21(31)18(29)15(11-13-8-9-13)27-20(30)17-16-14(24(16,5)6)12-28(17)22(32)19(25)23(2,3)4/h7,13-17,19H,1,8-12,25H2,2-6H3,(H,26,31)(H,27,30)/t14?,15?,16?,17-,19?/m0/s1. The number of hydrogen-bond donors (Lipinski definition) is 3. The minimum atomic E-state index is -0.894. The van der Waals surface area contributed by atoms with Gasteiger partial charge in [-0.1, -0.05) is 53.5 Å². The SMILES string of the molecule is C=CCNC(=O)C(=O)C(CC1CC1)NC(=O)[C@@H]1C2C(CN1C(=O)C(N)C(C)(C)C)C2(C)C. The molecule has 1 saturated heterocycles. The Labute approximate surface area is 190 Å². The van der Waals surface area contributed by atoms with Crippen molar-refractivity contribution < 1.29 is 19.2 Å². The molecule has 3 fully saturated rings. The maximum Gasteiger partial charge on any atom is 0.289 e. The van der Waals surface area contributed by atoms with Crippen LogP contribution in [0.2, 0.25) is 0 Å². The number of amides is 3. The van der Waals surface area contributed by atoms with Crippen LogP contribution in [0, 0.1) is 28.6 Å². The minimum Gasteiger partial charge on any atom is -0.346 e. The van der Waals surface area contributed by atoms with Gasteiger partial charge in [0.25, 0.3) is 5.91 Å². The second kappa shape index (κ2) is 8.61. The summed E-state index contributed by atoms with van der Waals surface area (Å²) in [6.07, 6.45) is 3.90. The number of carbonyl (C=O) groups excluding carboxylic acids is 4. The smallest absolute Gasteiger partial charge is 0.289 e. The van der Waals surface area contributed by atoms with E-state index >= 15 is 0 Å². The summed E-state index contributed by atoms with van der Waals surface area (Å²) < 4.78 is 0. The fourth-order valence-corrected chi connectivity index (χ4v) is 4.95. The summed E-state index contributed by atoms with van der Waals surface area (Å²) in [5.41, 5.74) is 5.75. The van der Waals surface area contributed by atoms with E-state index in [1.54, 1.807) is 4.90 Å². The van der Waals surface area contributed by atoms with Crippen molar-refractivity contribution in [3.8, 4) is 0 Å². The van der Waals surface area contributed by atoms with Gasteiger partial charge in [-0.05, 0) is 35.0 Å². The fraction of sp³-hybridized carbons (Fsp3) is 0.750. The lowest BCUT2D eigenvalue weighted by Gasteiger charge is -2.36. The van der Waals surface area contributed by atoms with Gasteiger partial charge in [0.1, 0.15) is 6.04 Å². The Morgan fingerprint density at radius 1 is 1.22 bits per heavy atom. The molecule has 3 aliphatic rings. The van der Waals surface area contributed by atoms with Gasteiger partial charge in [-0.2, -0.15) is 0 Å². The number of ketones is 1. The van der Waals surface area contributed by atoms with E-state index in [1.807, 2.05) is 20.8 Å².